The second-order valence-electron chi connectivity index (χ2n) is 6.03. The molecule has 0 aliphatic carbocycles. The Morgan fingerprint density at radius 1 is 1.22 bits per heavy atom. The van der Waals surface area contributed by atoms with Crippen molar-refractivity contribution in [3.63, 3.8) is 0 Å². The van der Waals surface area contributed by atoms with Gasteiger partial charge in [-0.05, 0) is 18.2 Å². The smallest absolute Gasteiger partial charge is 0.339 e. The van der Waals surface area contributed by atoms with Crippen molar-refractivity contribution in [2.24, 2.45) is 0 Å². The Bertz CT molecular complexity index is 779. The molecule has 23 heavy (non-hydrogen) atoms. The van der Waals surface area contributed by atoms with Crippen LogP contribution < -0.4 is 10.5 Å². The first kappa shape index (κ1) is 17.4. The minimum Gasteiger partial charge on any atom is -0.478 e. The van der Waals surface area contributed by atoms with Gasteiger partial charge in [0.2, 0.25) is 0 Å². The Kier molecular flexibility index (Phi) is 4.72. The van der Waals surface area contributed by atoms with Crippen molar-refractivity contribution >= 4 is 42.3 Å². The number of nitrogens with zero attached hydrogens (tertiary/aromatic N) is 1. The third kappa shape index (κ3) is 3.86. The molecule has 0 aliphatic rings. The highest BCUT2D eigenvalue weighted by Gasteiger charge is 2.20. The maximum absolute atomic E-state index is 14.3. The van der Waals surface area contributed by atoms with Crippen molar-refractivity contribution in [3.8, 4) is 0 Å². The van der Waals surface area contributed by atoms with Gasteiger partial charge in [0, 0.05) is 0 Å². The molecule has 0 amide bonds. The van der Waals surface area contributed by atoms with Crippen LogP contribution in [0.15, 0.2) is 24.3 Å². The number of rotatable bonds is 4. The standard InChI is InChI=1S/C15H15ClF2N2O2Si/c1-23(2,3)8-4-5-12(10(17)6-8)19-14-9(15(21)22)7-11(18)13(16)20-14/h4-7H,1-3H3,(H,19,20)(H,21,22). The van der Waals surface area contributed by atoms with Gasteiger partial charge in [-0.15, -0.1) is 0 Å². The minimum atomic E-state index is -1.67. The van der Waals surface area contributed by atoms with Crippen molar-refractivity contribution in [2.75, 3.05) is 5.32 Å². The summed E-state index contributed by atoms with van der Waals surface area (Å²) in [5, 5.41) is 12.1. The molecule has 0 bridgehead atoms. The summed E-state index contributed by atoms with van der Waals surface area (Å²) >= 11 is 5.57. The van der Waals surface area contributed by atoms with Gasteiger partial charge >= 0.3 is 5.97 Å². The molecular weight excluding hydrogens is 342 g/mol. The Morgan fingerprint density at radius 3 is 2.39 bits per heavy atom. The molecule has 122 valence electrons. The van der Waals surface area contributed by atoms with Gasteiger partial charge in [-0.2, -0.15) is 0 Å². The second-order valence-corrected chi connectivity index (χ2v) is 11.5. The lowest BCUT2D eigenvalue weighted by atomic mass is 10.2. The van der Waals surface area contributed by atoms with E-state index >= 15 is 0 Å². The maximum Gasteiger partial charge on any atom is 0.339 e. The first-order valence-corrected chi connectivity index (χ1v) is 10.6. The molecule has 0 fully saturated rings. The van der Waals surface area contributed by atoms with Crippen LogP contribution in [0.5, 0.6) is 0 Å². The lowest BCUT2D eigenvalue weighted by Gasteiger charge is -2.18. The van der Waals surface area contributed by atoms with E-state index in [1.807, 2.05) is 0 Å². The molecule has 2 N–H and O–H groups in total. The number of aromatic carboxylic acids is 1. The number of pyridine rings is 1. The molecule has 8 heteroatoms. The van der Waals surface area contributed by atoms with Gasteiger partial charge < -0.3 is 10.4 Å². The van der Waals surface area contributed by atoms with E-state index in [1.54, 1.807) is 6.07 Å². The average molecular weight is 357 g/mol. The maximum atomic E-state index is 14.3. The van der Waals surface area contributed by atoms with Crippen LogP contribution in [0.1, 0.15) is 10.4 Å². The highest BCUT2D eigenvalue weighted by atomic mass is 35.5. The summed E-state index contributed by atoms with van der Waals surface area (Å²) in [6.45, 7) is 6.25. The van der Waals surface area contributed by atoms with Crippen molar-refractivity contribution in [1.29, 1.82) is 0 Å². The van der Waals surface area contributed by atoms with Crippen LogP contribution >= 0.6 is 11.6 Å². The molecule has 1 aromatic heterocycles. The number of hydrogen-bond donors (Lipinski definition) is 2. The molecule has 0 saturated heterocycles. The molecule has 0 radical (unpaired) electrons. The molecule has 0 unspecified atom stereocenters. The highest BCUT2D eigenvalue weighted by molar-refractivity contribution is 6.88. The van der Waals surface area contributed by atoms with E-state index < -0.39 is 36.4 Å². The number of anilines is 2. The van der Waals surface area contributed by atoms with Gasteiger partial charge in [-0.3, -0.25) is 0 Å². The van der Waals surface area contributed by atoms with Crippen LogP contribution in [-0.2, 0) is 0 Å². The molecule has 0 spiro atoms. The van der Waals surface area contributed by atoms with Crippen molar-refractivity contribution in [2.45, 2.75) is 19.6 Å². The Labute approximate surface area is 138 Å². The molecule has 0 atom stereocenters. The van der Waals surface area contributed by atoms with E-state index in [1.165, 1.54) is 12.1 Å². The van der Waals surface area contributed by atoms with Crippen LogP contribution in [0.3, 0.4) is 0 Å². The topological polar surface area (TPSA) is 62.2 Å². The Morgan fingerprint density at radius 2 is 1.87 bits per heavy atom. The third-order valence-electron chi connectivity index (χ3n) is 3.25. The number of benzene rings is 1. The van der Waals surface area contributed by atoms with E-state index in [2.05, 4.69) is 29.9 Å². The van der Waals surface area contributed by atoms with E-state index in [0.29, 0.717) is 0 Å². The third-order valence-corrected chi connectivity index (χ3v) is 5.56. The lowest BCUT2D eigenvalue weighted by Crippen LogP contribution is -2.37. The molecule has 2 rings (SSSR count). The summed E-state index contributed by atoms with van der Waals surface area (Å²) in [6, 6.07) is 5.45. The zero-order chi connectivity index (χ0) is 17.4. The Balaban J connectivity index is 2.44. The van der Waals surface area contributed by atoms with E-state index in [9.17, 15) is 13.6 Å². The molecule has 1 heterocycles. The predicted octanol–water partition coefficient (Wildman–Crippen LogP) is 4.00. The zero-order valence-electron chi connectivity index (χ0n) is 12.7. The van der Waals surface area contributed by atoms with Gasteiger partial charge in [0.15, 0.2) is 11.0 Å². The van der Waals surface area contributed by atoms with Crippen molar-refractivity contribution in [3.05, 3.63) is 46.6 Å². The fourth-order valence-corrected chi connectivity index (χ4v) is 3.22. The molecule has 1 aromatic carbocycles. The largest absolute Gasteiger partial charge is 0.478 e. The predicted molar refractivity (Wildman–Crippen MR) is 88.8 cm³/mol. The quantitative estimate of drug-likeness (QED) is 0.642. The second kappa shape index (κ2) is 6.25. The van der Waals surface area contributed by atoms with Crippen molar-refractivity contribution < 1.29 is 18.7 Å². The van der Waals surface area contributed by atoms with Crippen LogP contribution in [0.4, 0.5) is 20.3 Å². The van der Waals surface area contributed by atoms with Gasteiger partial charge in [-0.1, -0.05) is 42.5 Å². The highest BCUT2D eigenvalue weighted by Crippen LogP contribution is 2.25. The normalized spacial score (nSPS) is 11.4. The number of hydrogen-bond acceptors (Lipinski definition) is 3. The summed E-state index contributed by atoms with van der Waals surface area (Å²) < 4.78 is 27.6. The lowest BCUT2D eigenvalue weighted by molar-refractivity contribution is 0.0697. The van der Waals surface area contributed by atoms with Gasteiger partial charge in [-0.25, -0.2) is 18.6 Å². The van der Waals surface area contributed by atoms with Crippen molar-refractivity contribution in [1.82, 2.24) is 4.98 Å². The molecule has 2 aromatic rings. The van der Waals surface area contributed by atoms with Gasteiger partial charge in [0.1, 0.15) is 17.2 Å². The molecular formula is C15H15ClF2N2O2Si. The van der Waals surface area contributed by atoms with E-state index in [0.717, 1.165) is 11.3 Å². The van der Waals surface area contributed by atoms with Crippen LogP contribution in [0.25, 0.3) is 0 Å². The number of aromatic nitrogens is 1. The SMILES string of the molecule is C[Si](C)(C)c1ccc(Nc2nc(Cl)c(F)cc2C(=O)O)c(F)c1. The first-order chi connectivity index (χ1) is 10.6. The number of carbonyl (C=O) groups is 1. The number of carboxylic acid groups (broad SMARTS) is 1. The fourth-order valence-electron chi connectivity index (χ4n) is 1.94. The number of nitrogens with one attached hydrogen (secondary N) is 1. The van der Waals surface area contributed by atoms with Crippen LogP contribution in [0, 0.1) is 11.6 Å². The monoisotopic (exact) mass is 356 g/mol. The summed E-state index contributed by atoms with van der Waals surface area (Å²) in [4.78, 5) is 14.8. The van der Waals surface area contributed by atoms with E-state index in [4.69, 9.17) is 16.7 Å². The van der Waals surface area contributed by atoms with Crippen LogP contribution in [0.2, 0.25) is 24.8 Å². The van der Waals surface area contributed by atoms with E-state index in [-0.39, 0.29) is 11.5 Å². The molecule has 0 aliphatic heterocycles. The first-order valence-electron chi connectivity index (χ1n) is 6.76. The fraction of sp³-hybridized carbons (Fsp3) is 0.200. The molecule has 0 saturated carbocycles. The zero-order valence-corrected chi connectivity index (χ0v) is 14.5. The Hall–Kier alpha value is -1.99. The van der Waals surface area contributed by atoms with Gasteiger partial charge in [0.25, 0.3) is 0 Å². The average Bonchev–Trinajstić information content (AvgIpc) is 2.43. The molecule has 4 nitrogen and oxygen atoms in total. The number of carboxylic acids is 1. The summed E-state index contributed by atoms with van der Waals surface area (Å²) in [5.41, 5.74) is -0.384. The summed E-state index contributed by atoms with van der Waals surface area (Å²) in [7, 11) is -1.67. The minimum absolute atomic E-state index is 0.0460. The van der Waals surface area contributed by atoms with Crippen LogP contribution in [-0.4, -0.2) is 24.1 Å². The summed E-state index contributed by atoms with van der Waals surface area (Å²) in [6.07, 6.45) is 0. The summed E-state index contributed by atoms with van der Waals surface area (Å²) in [5.74, 6) is -3.11. The van der Waals surface area contributed by atoms with Gasteiger partial charge in [0.05, 0.1) is 13.8 Å². The number of halogens is 3.